The smallest absolute Gasteiger partial charge is 0.0699 e. The molecule has 0 bridgehead atoms. The van der Waals surface area contributed by atoms with E-state index in [1.807, 2.05) is 0 Å². The Bertz CT molecular complexity index is 181. The third-order valence-electron chi connectivity index (χ3n) is 3.58. The van der Waals surface area contributed by atoms with Gasteiger partial charge in [0.15, 0.2) is 0 Å². The molecule has 1 heterocycles. The van der Waals surface area contributed by atoms with Crippen LogP contribution in [0.3, 0.4) is 0 Å². The molecule has 1 N–H and O–H groups in total. The van der Waals surface area contributed by atoms with Gasteiger partial charge in [-0.15, -0.1) is 0 Å². The molecule has 1 aliphatic rings. The topological polar surface area (TPSA) is 30.5 Å². The zero-order valence-electron chi connectivity index (χ0n) is 11.7. The highest BCUT2D eigenvalue weighted by Gasteiger charge is 2.23. The zero-order valence-corrected chi connectivity index (χ0v) is 11.7. The molecule has 1 rings (SSSR count). The molecule has 2 atom stereocenters. The molecule has 0 saturated carbocycles. The van der Waals surface area contributed by atoms with Crippen molar-refractivity contribution in [3.05, 3.63) is 0 Å². The first-order chi connectivity index (χ1) is 8.27. The van der Waals surface area contributed by atoms with E-state index in [4.69, 9.17) is 9.47 Å². The molecule has 0 amide bonds. The molecule has 0 radical (unpaired) electrons. The van der Waals surface area contributed by atoms with Crippen LogP contribution in [0.5, 0.6) is 0 Å². The van der Waals surface area contributed by atoms with E-state index in [0.29, 0.717) is 12.1 Å². The van der Waals surface area contributed by atoms with Gasteiger partial charge in [-0.1, -0.05) is 6.92 Å². The first-order valence-electron chi connectivity index (χ1n) is 7.20. The summed E-state index contributed by atoms with van der Waals surface area (Å²) < 4.78 is 11.2. The summed E-state index contributed by atoms with van der Waals surface area (Å²) in [5.41, 5.74) is 0. The lowest BCUT2D eigenvalue weighted by molar-refractivity contribution is 0.0230. The zero-order chi connectivity index (χ0) is 12.5. The van der Waals surface area contributed by atoms with Crippen LogP contribution in [0.25, 0.3) is 0 Å². The van der Waals surface area contributed by atoms with E-state index in [0.717, 1.165) is 32.3 Å². The van der Waals surface area contributed by atoms with E-state index >= 15 is 0 Å². The molecule has 3 heteroatoms. The fraction of sp³-hybridized carbons (Fsp3) is 1.00. The fourth-order valence-corrected chi connectivity index (χ4v) is 2.49. The average molecular weight is 243 g/mol. The Morgan fingerprint density at radius 3 is 2.59 bits per heavy atom. The molecule has 1 aliphatic heterocycles. The molecule has 0 aliphatic carbocycles. The quantitative estimate of drug-likeness (QED) is 0.711. The van der Waals surface area contributed by atoms with Gasteiger partial charge < -0.3 is 14.8 Å². The summed E-state index contributed by atoms with van der Waals surface area (Å²) in [5.74, 6) is 0.806. The van der Waals surface area contributed by atoms with E-state index in [2.05, 4.69) is 26.1 Å². The lowest BCUT2D eigenvalue weighted by Gasteiger charge is -2.30. The van der Waals surface area contributed by atoms with E-state index in [-0.39, 0.29) is 0 Å². The first-order valence-corrected chi connectivity index (χ1v) is 7.20. The summed E-state index contributed by atoms with van der Waals surface area (Å²) in [7, 11) is 0. The van der Waals surface area contributed by atoms with Crippen molar-refractivity contribution < 1.29 is 9.47 Å². The summed E-state index contributed by atoms with van der Waals surface area (Å²) in [4.78, 5) is 0. The Balaban J connectivity index is 2.37. The van der Waals surface area contributed by atoms with Crippen molar-refractivity contribution in [3.8, 4) is 0 Å². The Hall–Kier alpha value is -0.120. The standard InChI is InChI=1S/C14H29NO2/c1-4-8-15-14(12(3)17-5-2)11-13-6-9-16-10-7-13/h12-15H,4-11H2,1-3H3. The second-order valence-corrected chi connectivity index (χ2v) is 5.01. The van der Waals surface area contributed by atoms with Gasteiger partial charge >= 0.3 is 0 Å². The molecule has 0 aromatic heterocycles. The molecule has 17 heavy (non-hydrogen) atoms. The minimum Gasteiger partial charge on any atom is -0.381 e. The normalized spacial score (nSPS) is 21.4. The van der Waals surface area contributed by atoms with Crippen molar-refractivity contribution in [3.63, 3.8) is 0 Å². The highest BCUT2D eigenvalue weighted by atomic mass is 16.5. The molecule has 2 unspecified atom stereocenters. The number of hydrogen-bond donors (Lipinski definition) is 1. The predicted octanol–water partition coefficient (Wildman–Crippen LogP) is 2.60. The highest BCUT2D eigenvalue weighted by molar-refractivity contribution is 4.78. The second-order valence-electron chi connectivity index (χ2n) is 5.01. The maximum Gasteiger partial charge on any atom is 0.0699 e. The Labute approximate surface area is 106 Å². The van der Waals surface area contributed by atoms with E-state index in [1.165, 1.54) is 25.7 Å². The minimum absolute atomic E-state index is 0.314. The number of nitrogens with one attached hydrogen (secondary N) is 1. The predicted molar refractivity (Wildman–Crippen MR) is 71.3 cm³/mol. The monoisotopic (exact) mass is 243 g/mol. The number of ether oxygens (including phenoxy) is 2. The van der Waals surface area contributed by atoms with E-state index in [9.17, 15) is 0 Å². The van der Waals surface area contributed by atoms with Crippen LogP contribution in [-0.2, 0) is 9.47 Å². The molecule has 1 fully saturated rings. The summed E-state index contributed by atoms with van der Waals surface area (Å²) >= 11 is 0. The second kappa shape index (κ2) is 8.90. The van der Waals surface area contributed by atoms with Crippen LogP contribution in [0, 0.1) is 5.92 Å². The molecule has 102 valence electrons. The van der Waals surface area contributed by atoms with Gasteiger partial charge in [0, 0.05) is 25.9 Å². The van der Waals surface area contributed by atoms with Crippen molar-refractivity contribution in [2.75, 3.05) is 26.4 Å². The van der Waals surface area contributed by atoms with Crippen molar-refractivity contribution in [2.24, 2.45) is 5.92 Å². The van der Waals surface area contributed by atoms with Crippen molar-refractivity contribution in [1.29, 1.82) is 0 Å². The molecular formula is C14H29NO2. The van der Waals surface area contributed by atoms with Gasteiger partial charge in [-0.3, -0.25) is 0 Å². The van der Waals surface area contributed by atoms with Gasteiger partial charge in [-0.05, 0) is 52.0 Å². The van der Waals surface area contributed by atoms with Gasteiger partial charge in [0.25, 0.3) is 0 Å². The summed E-state index contributed by atoms with van der Waals surface area (Å²) in [6.07, 6.45) is 5.15. The third-order valence-corrected chi connectivity index (χ3v) is 3.58. The molecule has 0 aromatic carbocycles. The van der Waals surface area contributed by atoms with Crippen LogP contribution in [0.1, 0.15) is 46.5 Å². The lowest BCUT2D eigenvalue weighted by Crippen LogP contribution is -2.42. The van der Waals surface area contributed by atoms with Crippen molar-refractivity contribution >= 4 is 0 Å². The Kier molecular flexibility index (Phi) is 7.82. The van der Waals surface area contributed by atoms with Gasteiger partial charge in [0.2, 0.25) is 0 Å². The van der Waals surface area contributed by atoms with Gasteiger partial charge in [-0.25, -0.2) is 0 Å². The van der Waals surface area contributed by atoms with Gasteiger partial charge in [0.05, 0.1) is 6.10 Å². The maximum absolute atomic E-state index is 5.75. The Morgan fingerprint density at radius 2 is 2.00 bits per heavy atom. The number of rotatable bonds is 8. The molecule has 0 aromatic rings. The van der Waals surface area contributed by atoms with Crippen LogP contribution in [0.2, 0.25) is 0 Å². The molecule has 1 saturated heterocycles. The fourth-order valence-electron chi connectivity index (χ4n) is 2.49. The van der Waals surface area contributed by atoms with Crippen molar-refractivity contribution in [1.82, 2.24) is 5.32 Å². The van der Waals surface area contributed by atoms with Crippen LogP contribution in [0.4, 0.5) is 0 Å². The molecular weight excluding hydrogens is 214 g/mol. The van der Waals surface area contributed by atoms with E-state index in [1.54, 1.807) is 0 Å². The average Bonchev–Trinajstić information content (AvgIpc) is 2.36. The summed E-state index contributed by atoms with van der Waals surface area (Å²) in [6.45, 7) is 10.2. The van der Waals surface area contributed by atoms with Crippen molar-refractivity contribution in [2.45, 2.75) is 58.6 Å². The molecule has 0 spiro atoms. The largest absolute Gasteiger partial charge is 0.381 e. The maximum atomic E-state index is 5.75. The van der Waals surface area contributed by atoms with Gasteiger partial charge in [0.1, 0.15) is 0 Å². The number of hydrogen-bond acceptors (Lipinski definition) is 3. The summed E-state index contributed by atoms with van der Waals surface area (Å²) in [6, 6.07) is 0.498. The third kappa shape index (κ3) is 5.84. The minimum atomic E-state index is 0.314. The molecule has 3 nitrogen and oxygen atoms in total. The lowest BCUT2D eigenvalue weighted by atomic mass is 9.90. The van der Waals surface area contributed by atoms with Crippen LogP contribution < -0.4 is 5.32 Å². The van der Waals surface area contributed by atoms with Gasteiger partial charge in [-0.2, -0.15) is 0 Å². The SMILES string of the molecule is CCCNC(CC1CCOCC1)C(C)OCC. The van der Waals surface area contributed by atoms with Crippen LogP contribution in [0.15, 0.2) is 0 Å². The van der Waals surface area contributed by atoms with E-state index < -0.39 is 0 Å². The van der Waals surface area contributed by atoms with Crippen LogP contribution in [-0.4, -0.2) is 38.5 Å². The summed E-state index contributed by atoms with van der Waals surface area (Å²) in [5, 5.41) is 3.64. The highest BCUT2D eigenvalue weighted by Crippen LogP contribution is 2.22. The first kappa shape index (κ1) is 14.9. The van der Waals surface area contributed by atoms with Crippen LogP contribution >= 0.6 is 0 Å². The Morgan fingerprint density at radius 1 is 1.29 bits per heavy atom.